The van der Waals surface area contributed by atoms with Crippen LogP contribution in [-0.4, -0.2) is 88.5 Å². The number of piperidine rings is 1. The Kier molecular flexibility index (Phi) is 6.88. The number of halogens is 2. The summed E-state index contributed by atoms with van der Waals surface area (Å²) < 4.78 is 69.0. The molecule has 0 amide bonds. The van der Waals surface area contributed by atoms with Crippen molar-refractivity contribution in [1.29, 1.82) is 0 Å². The van der Waals surface area contributed by atoms with E-state index in [2.05, 4.69) is 21.5 Å². The van der Waals surface area contributed by atoms with Gasteiger partial charge < -0.3 is 14.4 Å². The molecule has 5 heterocycles. The van der Waals surface area contributed by atoms with Crippen LogP contribution in [0.3, 0.4) is 0 Å². The predicted molar refractivity (Wildman–Crippen MR) is 143 cm³/mol. The van der Waals surface area contributed by atoms with Crippen LogP contribution in [0.4, 0.5) is 14.6 Å². The molecule has 2 aliphatic rings. The van der Waals surface area contributed by atoms with Gasteiger partial charge in [-0.2, -0.15) is 9.40 Å². The molecular weight excluding hydrogens is 546 g/mol. The molecule has 0 bridgehead atoms. The number of sulfonamides is 1. The van der Waals surface area contributed by atoms with Gasteiger partial charge in [0.1, 0.15) is 28.8 Å². The molecule has 6 rings (SSSR count). The van der Waals surface area contributed by atoms with Gasteiger partial charge in [0.25, 0.3) is 6.43 Å². The Hall–Kier alpha value is -3.69. The molecule has 1 aromatic carbocycles. The molecule has 4 aromatic rings. The topological polar surface area (TPSA) is 121 Å². The molecule has 2 aliphatic heterocycles. The number of ether oxygens (including phenoxy) is 2. The van der Waals surface area contributed by atoms with E-state index in [0.29, 0.717) is 67.3 Å². The number of rotatable bonds is 7. The minimum absolute atomic E-state index is 0.223. The van der Waals surface area contributed by atoms with Crippen LogP contribution in [-0.2, 0) is 14.8 Å². The third kappa shape index (κ3) is 4.37. The van der Waals surface area contributed by atoms with Crippen molar-refractivity contribution in [1.82, 2.24) is 33.6 Å². The monoisotopic (exact) mass is 574 g/mol. The number of nitrogens with zero attached hydrogens (tertiary/aromatic N) is 8. The molecule has 0 unspecified atom stereocenters. The van der Waals surface area contributed by atoms with Crippen LogP contribution in [0.25, 0.3) is 27.9 Å². The summed E-state index contributed by atoms with van der Waals surface area (Å²) in [6.07, 6.45) is -0.544. The van der Waals surface area contributed by atoms with Gasteiger partial charge in [-0.1, -0.05) is 12.6 Å². The number of benzene rings is 1. The van der Waals surface area contributed by atoms with E-state index >= 15 is 0 Å². The number of imidazole rings is 1. The zero-order valence-corrected chi connectivity index (χ0v) is 22.6. The summed E-state index contributed by atoms with van der Waals surface area (Å²) in [6, 6.07) is 4.85. The second-order valence-electron chi connectivity index (χ2n) is 9.54. The normalized spacial score (nSPS) is 17.8. The van der Waals surface area contributed by atoms with Crippen LogP contribution in [0.5, 0.6) is 5.75 Å². The highest BCUT2D eigenvalue weighted by molar-refractivity contribution is 7.92. The van der Waals surface area contributed by atoms with Crippen molar-refractivity contribution in [3.63, 3.8) is 0 Å². The zero-order valence-electron chi connectivity index (χ0n) is 21.8. The predicted octanol–water partition coefficient (Wildman–Crippen LogP) is 3.06. The number of morpholine rings is 1. The molecular formula is C25H28F2N8O4S. The van der Waals surface area contributed by atoms with Crippen molar-refractivity contribution < 1.29 is 26.7 Å². The number of hydrogen-bond donors (Lipinski definition) is 0. The van der Waals surface area contributed by atoms with Crippen LogP contribution < -0.4 is 9.64 Å². The molecule has 0 spiro atoms. The summed E-state index contributed by atoms with van der Waals surface area (Å²) in [5, 5.41) is 6.34. The van der Waals surface area contributed by atoms with Crippen molar-refractivity contribution in [3.05, 3.63) is 42.3 Å². The Morgan fingerprint density at radius 1 is 1.12 bits per heavy atom. The van der Waals surface area contributed by atoms with Gasteiger partial charge in [0, 0.05) is 31.6 Å². The number of para-hydroxylation sites is 1. The van der Waals surface area contributed by atoms with E-state index in [4.69, 9.17) is 14.6 Å². The van der Waals surface area contributed by atoms with Crippen molar-refractivity contribution in [3.8, 4) is 11.6 Å². The van der Waals surface area contributed by atoms with Crippen molar-refractivity contribution >= 4 is 37.9 Å². The zero-order chi connectivity index (χ0) is 28.0. The summed E-state index contributed by atoms with van der Waals surface area (Å²) in [5.41, 5.74) is 1.17. The number of methoxy groups -OCH3 is 1. The molecule has 0 radical (unpaired) electrons. The van der Waals surface area contributed by atoms with Gasteiger partial charge in [-0.25, -0.2) is 36.8 Å². The number of hydrogen-bond acceptors (Lipinski definition) is 9. The molecule has 40 heavy (non-hydrogen) atoms. The molecule has 3 aromatic heterocycles. The maximum absolute atomic E-state index is 14.5. The van der Waals surface area contributed by atoms with Crippen molar-refractivity contribution in [2.75, 3.05) is 51.4 Å². The molecule has 0 saturated carbocycles. The first-order valence-corrected chi connectivity index (χ1v) is 14.4. The summed E-state index contributed by atoms with van der Waals surface area (Å²) in [4.78, 5) is 15.4. The fourth-order valence-corrected chi connectivity index (χ4v) is 6.37. The first-order valence-electron chi connectivity index (χ1n) is 12.9. The Balaban J connectivity index is 1.57. The first-order chi connectivity index (χ1) is 19.3. The molecule has 12 nitrogen and oxygen atoms in total. The van der Waals surface area contributed by atoms with Gasteiger partial charge in [-0.15, -0.1) is 0 Å². The fourth-order valence-electron chi connectivity index (χ4n) is 5.44. The van der Waals surface area contributed by atoms with Gasteiger partial charge >= 0.3 is 0 Å². The van der Waals surface area contributed by atoms with Gasteiger partial charge in [0.2, 0.25) is 10.0 Å². The van der Waals surface area contributed by atoms with Gasteiger partial charge in [-0.05, 0) is 25.0 Å². The maximum atomic E-state index is 14.5. The van der Waals surface area contributed by atoms with Crippen molar-refractivity contribution in [2.45, 2.75) is 25.3 Å². The van der Waals surface area contributed by atoms with Crippen LogP contribution in [0, 0.1) is 0 Å². The van der Waals surface area contributed by atoms with Crippen LogP contribution in [0.2, 0.25) is 0 Å². The molecule has 2 fully saturated rings. The average molecular weight is 575 g/mol. The molecule has 2 saturated heterocycles. The Labute approximate surface area is 228 Å². The third-order valence-corrected chi connectivity index (χ3v) is 8.91. The Morgan fingerprint density at radius 3 is 2.55 bits per heavy atom. The van der Waals surface area contributed by atoms with E-state index < -0.39 is 22.3 Å². The minimum Gasteiger partial charge on any atom is -0.494 e. The van der Waals surface area contributed by atoms with Crippen molar-refractivity contribution in [2.24, 2.45) is 0 Å². The second kappa shape index (κ2) is 10.4. The standard InChI is InChI=1S/C25H28F2N8O4S/c1-3-40(36,37)33-9-7-16(8-10-33)35-23-19(22(28-15-29-23)32-11-13-39-14-12-32)24(31-35)34-17-5-4-6-18(38-2)20(17)30-25(34)21(26)27/h3-6,15-16,21H,1,7-14H2,2H3. The first kappa shape index (κ1) is 26.5. The molecule has 0 atom stereocenters. The molecule has 0 N–H and O–H groups in total. The summed E-state index contributed by atoms with van der Waals surface area (Å²) in [7, 11) is -2.09. The molecule has 212 valence electrons. The van der Waals surface area contributed by atoms with E-state index in [1.807, 2.05) is 4.90 Å². The van der Waals surface area contributed by atoms with E-state index in [1.165, 1.54) is 22.3 Å². The van der Waals surface area contributed by atoms with Gasteiger partial charge in [0.15, 0.2) is 17.3 Å². The maximum Gasteiger partial charge on any atom is 0.296 e. The highest BCUT2D eigenvalue weighted by atomic mass is 32.2. The summed E-state index contributed by atoms with van der Waals surface area (Å²) in [6.45, 7) is 6.08. The highest BCUT2D eigenvalue weighted by Gasteiger charge is 2.33. The number of alkyl halides is 2. The van der Waals surface area contributed by atoms with E-state index in [1.54, 1.807) is 22.9 Å². The van der Waals surface area contributed by atoms with Crippen LogP contribution in [0.15, 0.2) is 36.5 Å². The van der Waals surface area contributed by atoms with E-state index in [-0.39, 0.29) is 30.5 Å². The molecule has 0 aliphatic carbocycles. The smallest absolute Gasteiger partial charge is 0.296 e. The molecule has 15 heteroatoms. The fraction of sp³-hybridized carbons (Fsp3) is 0.440. The van der Waals surface area contributed by atoms with E-state index in [9.17, 15) is 17.2 Å². The van der Waals surface area contributed by atoms with Crippen LogP contribution >= 0.6 is 0 Å². The van der Waals surface area contributed by atoms with Crippen LogP contribution in [0.1, 0.15) is 31.1 Å². The second-order valence-corrected chi connectivity index (χ2v) is 11.4. The number of anilines is 1. The Bertz CT molecular complexity index is 1680. The lowest BCUT2D eigenvalue weighted by Crippen LogP contribution is -2.38. The number of aromatic nitrogens is 6. The van der Waals surface area contributed by atoms with E-state index in [0.717, 1.165) is 5.41 Å². The number of fused-ring (bicyclic) bond motifs is 2. The largest absolute Gasteiger partial charge is 0.494 e. The summed E-state index contributed by atoms with van der Waals surface area (Å²) in [5.74, 6) is 0.674. The minimum atomic E-state index is -3.55. The SMILES string of the molecule is C=CS(=O)(=O)N1CCC(n2nc(-n3c(C(F)F)nc4c(OC)cccc43)c3c(N4CCOCC4)ncnc32)CC1. The highest BCUT2D eigenvalue weighted by Crippen LogP contribution is 2.38. The average Bonchev–Trinajstić information content (AvgIpc) is 3.56. The Morgan fingerprint density at radius 2 is 1.88 bits per heavy atom. The van der Waals surface area contributed by atoms with Gasteiger partial charge in [-0.3, -0.25) is 4.57 Å². The van der Waals surface area contributed by atoms with Gasteiger partial charge in [0.05, 0.1) is 31.9 Å². The lowest BCUT2D eigenvalue weighted by Gasteiger charge is -2.30. The lowest BCUT2D eigenvalue weighted by molar-refractivity contribution is 0.122. The summed E-state index contributed by atoms with van der Waals surface area (Å²) >= 11 is 0. The lowest BCUT2D eigenvalue weighted by atomic mass is 10.1. The third-order valence-electron chi connectivity index (χ3n) is 7.40. The quantitative estimate of drug-likeness (QED) is 0.328.